The molecule has 1 aromatic rings. The van der Waals surface area contributed by atoms with Crippen LogP contribution in [0.4, 0.5) is 0 Å². The SMILES string of the molecule is CC(C)(C)OC(=O)C[C@@H]1C/C=C\C[C@@H](CC(=O)N[C@@H](CO)Cc2ccccc2)C(=O)NCCOC1=O. The topological polar surface area (TPSA) is 131 Å². The van der Waals surface area contributed by atoms with E-state index >= 15 is 0 Å². The Kier molecular flexibility index (Phi) is 11.6. The van der Waals surface area contributed by atoms with Gasteiger partial charge in [-0.2, -0.15) is 0 Å². The molecule has 3 N–H and O–H groups in total. The summed E-state index contributed by atoms with van der Waals surface area (Å²) >= 11 is 0. The van der Waals surface area contributed by atoms with Crippen molar-refractivity contribution in [1.82, 2.24) is 10.6 Å². The zero-order valence-corrected chi connectivity index (χ0v) is 21.3. The molecule has 2 amide bonds. The minimum Gasteiger partial charge on any atom is -0.464 e. The Labute approximate surface area is 212 Å². The lowest BCUT2D eigenvalue weighted by Crippen LogP contribution is -2.42. The van der Waals surface area contributed by atoms with Crippen LogP contribution in [0.1, 0.15) is 52.0 Å². The second kappa shape index (κ2) is 14.4. The van der Waals surface area contributed by atoms with Gasteiger partial charge in [-0.05, 0) is 45.6 Å². The van der Waals surface area contributed by atoms with Crippen LogP contribution in [0, 0.1) is 11.8 Å². The number of allylic oxidation sites excluding steroid dienone is 2. The lowest BCUT2D eigenvalue weighted by Gasteiger charge is -2.22. The highest BCUT2D eigenvalue weighted by molar-refractivity contribution is 5.86. The second-order valence-electron chi connectivity index (χ2n) is 9.93. The quantitative estimate of drug-likeness (QED) is 0.366. The van der Waals surface area contributed by atoms with E-state index in [1.54, 1.807) is 32.9 Å². The molecule has 0 saturated carbocycles. The molecule has 1 aliphatic heterocycles. The third-order valence-corrected chi connectivity index (χ3v) is 5.53. The predicted octanol–water partition coefficient (Wildman–Crippen LogP) is 2.07. The summed E-state index contributed by atoms with van der Waals surface area (Å²) in [5.74, 6) is -2.99. The third kappa shape index (κ3) is 11.0. The summed E-state index contributed by atoms with van der Waals surface area (Å²) in [6.07, 6.45) is 4.32. The minimum absolute atomic E-state index is 0.0400. The molecule has 0 unspecified atom stereocenters. The largest absolute Gasteiger partial charge is 0.464 e. The molecule has 0 spiro atoms. The summed E-state index contributed by atoms with van der Waals surface area (Å²) in [6, 6.07) is 9.06. The number of esters is 2. The standard InChI is InChI=1S/C27H38N2O7/c1-27(2,3)36-24(32)17-21-12-8-7-11-20(25(33)28-13-14-35-26(21)34)16-23(31)29-22(18-30)15-19-9-5-4-6-10-19/h4-10,20-22,30H,11-18H2,1-3H3,(H,28,33)(H,29,31)/b8-7-/t20-,21-,22+/m0/s1. The first-order valence-electron chi connectivity index (χ1n) is 12.3. The van der Waals surface area contributed by atoms with E-state index in [2.05, 4.69) is 10.6 Å². The zero-order valence-electron chi connectivity index (χ0n) is 21.3. The first-order chi connectivity index (χ1) is 17.1. The monoisotopic (exact) mass is 502 g/mol. The number of aliphatic hydroxyl groups excluding tert-OH is 1. The third-order valence-electron chi connectivity index (χ3n) is 5.53. The van der Waals surface area contributed by atoms with Gasteiger partial charge in [0.05, 0.1) is 37.5 Å². The summed E-state index contributed by atoms with van der Waals surface area (Å²) in [7, 11) is 0. The van der Waals surface area contributed by atoms with E-state index in [9.17, 15) is 24.3 Å². The van der Waals surface area contributed by atoms with Crippen molar-refractivity contribution in [2.75, 3.05) is 19.8 Å². The van der Waals surface area contributed by atoms with Crippen molar-refractivity contribution >= 4 is 23.8 Å². The average Bonchev–Trinajstić information content (AvgIpc) is 2.81. The molecule has 0 aliphatic carbocycles. The normalized spacial score (nSPS) is 21.1. The van der Waals surface area contributed by atoms with Gasteiger partial charge < -0.3 is 25.2 Å². The number of carbonyl (C=O) groups is 4. The highest BCUT2D eigenvalue weighted by atomic mass is 16.6. The Morgan fingerprint density at radius 1 is 1.11 bits per heavy atom. The molecule has 1 aliphatic rings. The van der Waals surface area contributed by atoms with Gasteiger partial charge in [0.25, 0.3) is 0 Å². The van der Waals surface area contributed by atoms with Gasteiger partial charge in [-0.3, -0.25) is 19.2 Å². The van der Waals surface area contributed by atoms with Crippen molar-refractivity contribution < 1.29 is 33.8 Å². The summed E-state index contributed by atoms with van der Waals surface area (Å²) in [5.41, 5.74) is 0.329. The molecule has 0 aromatic heterocycles. The minimum atomic E-state index is -0.698. The van der Waals surface area contributed by atoms with E-state index in [0.29, 0.717) is 6.42 Å². The number of hydrogen-bond acceptors (Lipinski definition) is 7. The number of cyclic esters (lactones) is 1. The molecule has 9 nitrogen and oxygen atoms in total. The van der Waals surface area contributed by atoms with Gasteiger partial charge in [-0.25, -0.2) is 0 Å². The second-order valence-corrected chi connectivity index (χ2v) is 9.93. The molecule has 1 aromatic carbocycles. The molecule has 9 heteroatoms. The van der Waals surface area contributed by atoms with Gasteiger partial charge in [0.15, 0.2) is 0 Å². The summed E-state index contributed by atoms with van der Waals surface area (Å²) in [4.78, 5) is 50.0. The Balaban J connectivity index is 1.98. The molecule has 36 heavy (non-hydrogen) atoms. The molecular weight excluding hydrogens is 464 g/mol. The summed E-state index contributed by atoms with van der Waals surface area (Å²) < 4.78 is 10.6. The Hall–Kier alpha value is -3.20. The van der Waals surface area contributed by atoms with Crippen LogP contribution in [0.15, 0.2) is 42.5 Å². The fraction of sp³-hybridized carbons (Fsp3) is 0.556. The van der Waals surface area contributed by atoms with Crippen LogP contribution in [-0.4, -0.2) is 60.3 Å². The number of nitrogens with one attached hydrogen (secondary N) is 2. The van der Waals surface area contributed by atoms with Crippen molar-refractivity contribution in [2.24, 2.45) is 11.8 Å². The molecule has 198 valence electrons. The fourth-order valence-corrected chi connectivity index (χ4v) is 3.81. The maximum atomic E-state index is 12.7. The number of ether oxygens (including phenoxy) is 2. The van der Waals surface area contributed by atoms with Crippen LogP contribution in [0.2, 0.25) is 0 Å². The first kappa shape index (κ1) is 29.0. The number of hydrogen-bond donors (Lipinski definition) is 3. The lowest BCUT2D eigenvalue weighted by molar-refractivity contribution is -0.161. The zero-order chi connectivity index (χ0) is 26.6. The lowest BCUT2D eigenvalue weighted by atomic mass is 9.96. The molecule has 0 bridgehead atoms. The van der Waals surface area contributed by atoms with Gasteiger partial charge in [0.1, 0.15) is 12.2 Å². The average molecular weight is 503 g/mol. The molecule has 3 atom stereocenters. The predicted molar refractivity (Wildman–Crippen MR) is 134 cm³/mol. The maximum Gasteiger partial charge on any atom is 0.309 e. The fourth-order valence-electron chi connectivity index (χ4n) is 3.81. The van der Waals surface area contributed by atoms with E-state index in [1.807, 2.05) is 30.3 Å². The molecule has 2 rings (SSSR count). The first-order valence-corrected chi connectivity index (χ1v) is 12.3. The molecule has 0 radical (unpaired) electrons. The van der Waals surface area contributed by atoms with Crippen LogP contribution >= 0.6 is 0 Å². The van der Waals surface area contributed by atoms with Crippen LogP contribution < -0.4 is 10.6 Å². The Morgan fingerprint density at radius 2 is 1.78 bits per heavy atom. The van der Waals surface area contributed by atoms with Crippen molar-refractivity contribution in [3.8, 4) is 0 Å². The van der Waals surface area contributed by atoms with Crippen LogP contribution in [-0.2, 0) is 35.1 Å². The molecule has 0 fully saturated rings. The maximum absolute atomic E-state index is 12.7. The Morgan fingerprint density at radius 3 is 2.42 bits per heavy atom. The van der Waals surface area contributed by atoms with Gasteiger partial charge >= 0.3 is 11.9 Å². The van der Waals surface area contributed by atoms with E-state index in [4.69, 9.17) is 9.47 Å². The number of carbonyl (C=O) groups excluding carboxylic acids is 4. The van der Waals surface area contributed by atoms with Crippen molar-refractivity contribution in [2.45, 2.75) is 64.5 Å². The van der Waals surface area contributed by atoms with Gasteiger partial charge in [0.2, 0.25) is 11.8 Å². The Bertz CT molecular complexity index is 908. The van der Waals surface area contributed by atoms with Crippen molar-refractivity contribution in [1.29, 1.82) is 0 Å². The highest BCUT2D eigenvalue weighted by Gasteiger charge is 2.27. The number of benzene rings is 1. The number of aliphatic hydroxyl groups is 1. The van der Waals surface area contributed by atoms with Gasteiger partial charge in [-0.1, -0.05) is 42.5 Å². The smallest absolute Gasteiger partial charge is 0.309 e. The molecule has 0 saturated heterocycles. The molecular formula is C27H38N2O7. The summed E-state index contributed by atoms with van der Waals surface area (Å²) in [6.45, 7) is 5.11. The van der Waals surface area contributed by atoms with Crippen LogP contribution in [0.3, 0.4) is 0 Å². The van der Waals surface area contributed by atoms with Gasteiger partial charge in [-0.15, -0.1) is 0 Å². The highest BCUT2D eigenvalue weighted by Crippen LogP contribution is 2.18. The molecule has 1 heterocycles. The van der Waals surface area contributed by atoms with E-state index in [-0.39, 0.29) is 57.3 Å². The summed E-state index contributed by atoms with van der Waals surface area (Å²) in [5, 5.41) is 15.2. The van der Waals surface area contributed by atoms with E-state index < -0.39 is 35.4 Å². The number of rotatable bonds is 8. The van der Waals surface area contributed by atoms with Crippen LogP contribution in [0.25, 0.3) is 0 Å². The van der Waals surface area contributed by atoms with E-state index in [1.165, 1.54) is 0 Å². The van der Waals surface area contributed by atoms with E-state index in [0.717, 1.165) is 5.56 Å². The van der Waals surface area contributed by atoms with Crippen LogP contribution in [0.5, 0.6) is 0 Å². The van der Waals surface area contributed by atoms with Crippen molar-refractivity contribution in [3.05, 3.63) is 48.0 Å². The number of amides is 2. The van der Waals surface area contributed by atoms with Crippen molar-refractivity contribution in [3.63, 3.8) is 0 Å². The van der Waals surface area contributed by atoms with Gasteiger partial charge in [0, 0.05) is 6.42 Å².